The first-order chi connectivity index (χ1) is 13.0. The molecular formula is C18H15FN4O4. The molecule has 138 valence electrons. The van der Waals surface area contributed by atoms with Crippen LogP contribution in [0.25, 0.3) is 16.7 Å². The predicted octanol–water partition coefficient (Wildman–Crippen LogP) is 1.45. The number of benzene rings is 1. The van der Waals surface area contributed by atoms with Crippen molar-refractivity contribution in [2.75, 3.05) is 31.2 Å². The van der Waals surface area contributed by atoms with Gasteiger partial charge < -0.3 is 19.3 Å². The van der Waals surface area contributed by atoms with Crippen LogP contribution in [0.1, 0.15) is 10.4 Å². The fourth-order valence-electron chi connectivity index (χ4n) is 2.97. The molecule has 27 heavy (non-hydrogen) atoms. The van der Waals surface area contributed by atoms with E-state index in [4.69, 9.17) is 4.74 Å². The van der Waals surface area contributed by atoms with E-state index < -0.39 is 22.8 Å². The quantitative estimate of drug-likeness (QED) is 0.745. The van der Waals surface area contributed by atoms with E-state index in [9.17, 15) is 19.1 Å². The number of morpholine rings is 1. The fraction of sp³-hybridized carbons (Fsp3) is 0.222. The average Bonchev–Trinajstić information content (AvgIpc) is 2.69. The molecule has 2 aromatic heterocycles. The number of hydrogen-bond donors (Lipinski definition) is 1. The van der Waals surface area contributed by atoms with Gasteiger partial charge in [0.15, 0.2) is 5.65 Å². The van der Waals surface area contributed by atoms with Crippen LogP contribution in [-0.2, 0) is 4.74 Å². The van der Waals surface area contributed by atoms with Crippen molar-refractivity contribution in [2.45, 2.75) is 0 Å². The molecule has 1 saturated heterocycles. The zero-order valence-electron chi connectivity index (χ0n) is 14.1. The molecule has 8 nitrogen and oxygen atoms in total. The maximum absolute atomic E-state index is 13.3. The molecule has 1 aliphatic rings. The van der Waals surface area contributed by atoms with Gasteiger partial charge in [0.1, 0.15) is 11.4 Å². The maximum atomic E-state index is 13.3. The van der Waals surface area contributed by atoms with Crippen LogP contribution in [0.5, 0.6) is 0 Å². The van der Waals surface area contributed by atoms with Crippen molar-refractivity contribution in [1.29, 1.82) is 0 Å². The number of carbonyl (C=O) groups is 1. The second kappa shape index (κ2) is 6.76. The molecule has 1 aromatic carbocycles. The molecule has 1 N–H and O–H groups in total. The molecular weight excluding hydrogens is 355 g/mol. The Morgan fingerprint density at radius 1 is 1.19 bits per heavy atom. The molecule has 4 rings (SSSR count). The Kier molecular flexibility index (Phi) is 4.28. The van der Waals surface area contributed by atoms with E-state index in [2.05, 4.69) is 9.97 Å². The Balaban J connectivity index is 1.96. The predicted molar refractivity (Wildman–Crippen MR) is 95.1 cm³/mol. The fourth-order valence-corrected chi connectivity index (χ4v) is 2.97. The van der Waals surface area contributed by atoms with Crippen LogP contribution in [0, 0.1) is 5.82 Å². The number of fused-ring (bicyclic) bond motifs is 1. The first-order valence-electron chi connectivity index (χ1n) is 8.29. The van der Waals surface area contributed by atoms with E-state index >= 15 is 0 Å². The van der Waals surface area contributed by atoms with E-state index in [1.807, 2.05) is 4.90 Å². The summed E-state index contributed by atoms with van der Waals surface area (Å²) in [5.41, 5.74) is -0.331. The Morgan fingerprint density at radius 2 is 1.89 bits per heavy atom. The van der Waals surface area contributed by atoms with Gasteiger partial charge in [-0.1, -0.05) is 0 Å². The first kappa shape index (κ1) is 17.1. The normalized spacial score (nSPS) is 14.5. The monoisotopic (exact) mass is 370 g/mol. The number of nitrogens with zero attached hydrogens (tertiary/aromatic N) is 4. The highest BCUT2D eigenvalue weighted by Gasteiger charge is 2.20. The third-order valence-corrected chi connectivity index (χ3v) is 4.36. The summed E-state index contributed by atoms with van der Waals surface area (Å²) in [6.07, 6.45) is 2.54. The van der Waals surface area contributed by atoms with Crippen LogP contribution in [0.2, 0.25) is 0 Å². The summed E-state index contributed by atoms with van der Waals surface area (Å²) in [6, 6.07) is 5.48. The summed E-state index contributed by atoms with van der Waals surface area (Å²) in [4.78, 5) is 34.7. The number of ether oxygens (including phenoxy) is 1. The largest absolute Gasteiger partial charge is 0.477 e. The van der Waals surface area contributed by atoms with Gasteiger partial charge in [0.05, 0.1) is 18.6 Å². The highest BCUT2D eigenvalue weighted by molar-refractivity contribution is 5.92. The molecule has 0 aliphatic carbocycles. The van der Waals surface area contributed by atoms with Crippen molar-refractivity contribution in [2.24, 2.45) is 0 Å². The smallest absolute Gasteiger partial charge is 0.341 e. The van der Waals surface area contributed by atoms with Gasteiger partial charge in [-0.2, -0.15) is 4.98 Å². The van der Waals surface area contributed by atoms with Gasteiger partial charge in [0.25, 0.3) is 0 Å². The van der Waals surface area contributed by atoms with Crippen molar-refractivity contribution in [1.82, 2.24) is 14.5 Å². The van der Waals surface area contributed by atoms with E-state index in [0.717, 1.165) is 0 Å². The summed E-state index contributed by atoms with van der Waals surface area (Å²) in [5.74, 6) is -1.36. The minimum absolute atomic E-state index is 0.0798. The number of carboxylic acids is 1. The van der Waals surface area contributed by atoms with Crippen molar-refractivity contribution in [3.63, 3.8) is 0 Å². The zero-order valence-corrected chi connectivity index (χ0v) is 14.1. The SMILES string of the molecule is O=C(O)c1cn(-c2ccc(F)cc2)c2nc(N3CCOCC3)ncc2c1=O. The lowest BCUT2D eigenvalue weighted by atomic mass is 10.2. The van der Waals surface area contributed by atoms with Crippen LogP contribution in [-0.4, -0.2) is 51.9 Å². The molecule has 3 aromatic rings. The van der Waals surface area contributed by atoms with E-state index in [0.29, 0.717) is 37.9 Å². The number of anilines is 1. The maximum Gasteiger partial charge on any atom is 0.341 e. The number of aromatic carboxylic acids is 1. The molecule has 0 saturated carbocycles. The second-order valence-electron chi connectivity index (χ2n) is 6.03. The third-order valence-electron chi connectivity index (χ3n) is 4.36. The standard InChI is InChI=1S/C18H15FN4O4/c19-11-1-3-12(4-2-11)23-10-14(17(25)26)15(24)13-9-20-18(21-16(13)23)22-5-7-27-8-6-22/h1-4,9-10H,5-8H2,(H,25,26). The molecule has 0 atom stereocenters. The molecule has 1 aliphatic heterocycles. The van der Waals surface area contributed by atoms with Crippen molar-refractivity contribution < 1.29 is 19.0 Å². The Labute approximate surface area is 152 Å². The molecule has 3 heterocycles. The van der Waals surface area contributed by atoms with E-state index in [1.54, 1.807) is 0 Å². The van der Waals surface area contributed by atoms with Crippen molar-refractivity contribution in [3.05, 3.63) is 58.3 Å². The topological polar surface area (TPSA) is 97.6 Å². The lowest BCUT2D eigenvalue weighted by Gasteiger charge is -2.27. The minimum atomic E-state index is -1.35. The van der Waals surface area contributed by atoms with Crippen LogP contribution in [0.15, 0.2) is 41.5 Å². The second-order valence-corrected chi connectivity index (χ2v) is 6.03. The number of rotatable bonds is 3. The number of aromatic nitrogens is 3. The van der Waals surface area contributed by atoms with Crippen LogP contribution >= 0.6 is 0 Å². The number of hydrogen-bond acceptors (Lipinski definition) is 6. The van der Waals surface area contributed by atoms with Gasteiger partial charge in [-0.15, -0.1) is 0 Å². The molecule has 9 heteroatoms. The first-order valence-corrected chi connectivity index (χ1v) is 8.29. The van der Waals surface area contributed by atoms with E-state index in [1.165, 1.54) is 41.2 Å². The molecule has 0 radical (unpaired) electrons. The molecule has 0 unspecified atom stereocenters. The van der Waals surface area contributed by atoms with Gasteiger partial charge in [0.2, 0.25) is 11.4 Å². The minimum Gasteiger partial charge on any atom is -0.477 e. The summed E-state index contributed by atoms with van der Waals surface area (Å²) in [7, 11) is 0. The zero-order chi connectivity index (χ0) is 19.0. The van der Waals surface area contributed by atoms with Gasteiger partial charge in [-0.3, -0.25) is 4.79 Å². The molecule has 1 fully saturated rings. The van der Waals surface area contributed by atoms with Gasteiger partial charge in [0, 0.05) is 31.2 Å². The summed E-state index contributed by atoms with van der Waals surface area (Å²) in [6.45, 7) is 2.31. The van der Waals surface area contributed by atoms with Crippen LogP contribution in [0.3, 0.4) is 0 Å². The third kappa shape index (κ3) is 3.13. The Hall–Kier alpha value is -3.33. The Morgan fingerprint density at radius 3 is 2.56 bits per heavy atom. The lowest BCUT2D eigenvalue weighted by molar-refractivity contribution is 0.0695. The lowest BCUT2D eigenvalue weighted by Crippen LogP contribution is -2.37. The summed E-state index contributed by atoms with van der Waals surface area (Å²) in [5, 5.41) is 9.44. The molecule has 0 bridgehead atoms. The van der Waals surface area contributed by atoms with Gasteiger partial charge in [-0.25, -0.2) is 14.2 Å². The van der Waals surface area contributed by atoms with Crippen LogP contribution < -0.4 is 10.3 Å². The van der Waals surface area contributed by atoms with Crippen molar-refractivity contribution in [3.8, 4) is 5.69 Å². The van der Waals surface area contributed by atoms with Crippen molar-refractivity contribution >= 4 is 23.0 Å². The average molecular weight is 370 g/mol. The number of pyridine rings is 1. The number of carboxylic acid groups (broad SMARTS) is 1. The summed E-state index contributed by atoms with van der Waals surface area (Å²) >= 11 is 0. The number of halogens is 1. The van der Waals surface area contributed by atoms with Gasteiger partial charge >= 0.3 is 5.97 Å². The van der Waals surface area contributed by atoms with Gasteiger partial charge in [-0.05, 0) is 24.3 Å². The highest BCUT2D eigenvalue weighted by Crippen LogP contribution is 2.19. The van der Waals surface area contributed by atoms with E-state index in [-0.39, 0.29) is 11.0 Å². The Bertz CT molecular complexity index is 1080. The molecule has 0 amide bonds. The van der Waals surface area contributed by atoms with Crippen LogP contribution in [0.4, 0.5) is 10.3 Å². The molecule has 0 spiro atoms. The highest BCUT2D eigenvalue weighted by atomic mass is 19.1. The summed E-state index contributed by atoms with van der Waals surface area (Å²) < 4.78 is 20.1.